The average molecular weight is 769 g/mol. The molecule has 6 rings (SSSR count). The smallest absolute Gasteiger partial charge is 0.408 e. The normalized spacial score (nSPS) is 12.2. The summed E-state index contributed by atoms with van der Waals surface area (Å²) in [6, 6.07) is 37.1. The number of anilines is 1. The number of carbonyl (C=O) groups is 3. The van der Waals surface area contributed by atoms with Crippen molar-refractivity contribution in [1.29, 1.82) is 0 Å². The van der Waals surface area contributed by atoms with E-state index in [9.17, 15) is 14.4 Å². The van der Waals surface area contributed by atoms with Gasteiger partial charge in [0.25, 0.3) is 0 Å². The van der Waals surface area contributed by atoms with E-state index < -0.39 is 35.7 Å². The van der Waals surface area contributed by atoms with Crippen molar-refractivity contribution in [2.24, 2.45) is 0 Å². The lowest BCUT2D eigenvalue weighted by Crippen LogP contribution is -2.46. The Balaban J connectivity index is 1.05. The summed E-state index contributed by atoms with van der Waals surface area (Å²) in [5.41, 5.74) is 6.60. The Morgan fingerprint density at radius 3 is 2.00 bits per heavy atom. The molecule has 2 N–H and O–H groups in total. The van der Waals surface area contributed by atoms with Gasteiger partial charge in [0, 0.05) is 41.2 Å². The Hall–Kier alpha value is -6.75. The van der Waals surface area contributed by atoms with Crippen molar-refractivity contribution in [3.05, 3.63) is 174 Å². The molecule has 5 aromatic carbocycles. The van der Waals surface area contributed by atoms with Crippen LogP contribution in [0.3, 0.4) is 0 Å². The number of alkyl carbamates (subject to hydrolysis) is 1. The predicted octanol–water partition coefficient (Wildman–Crippen LogP) is 9.12. The maximum absolute atomic E-state index is 15.7. The Morgan fingerprint density at radius 2 is 1.33 bits per heavy atom. The quantitative estimate of drug-likeness (QED) is 0.100. The molecule has 290 valence electrons. The lowest BCUT2D eigenvalue weighted by atomic mass is 9.98. The van der Waals surface area contributed by atoms with E-state index in [-0.39, 0.29) is 25.4 Å². The zero-order valence-electron chi connectivity index (χ0n) is 31.5. The largest absolute Gasteiger partial charge is 0.454 e. The number of carbonyl (C=O) groups excluding carboxylic acids is 3. The van der Waals surface area contributed by atoms with E-state index in [2.05, 4.69) is 33.6 Å². The molecule has 11 heteroatoms. The van der Waals surface area contributed by atoms with E-state index in [0.717, 1.165) is 47.0 Å². The molecule has 0 aliphatic carbocycles. The molecule has 1 aromatic heterocycles. The second-order valence-electron chi connectivity index (χ2n) is 13.4. The van der Waals surface area contributed by atoms with Crippen LogP contribution in [0, 0.1) is 0 Å². The first-order valence-corrected chi connectivity index (χ1v) is 18.6. The van der Waals surface area contributed by atoms with Gasteiger partial charge in [-0.3, -0.25) is 14.8 Å². The van der Waals surface area contributed by atoms with Crippen LogP contribution in [0.15, 0.2) is 146 Å². The van der Waals surface area contributed by atoms with Crippen LogP contribution in [-0.4, -0.2) is 40.1 Å². The molecule has 6 aromatic rings. The van der Waals surface area contributed by atoms with Gasteiger partial charge in [-0.2, -0.15) is 8.78 Å². The molecule has 0 spiro atoms. The number of alkyl halides is 2. The molecular formula is C46H42F2N4O5. The topological polar surface area (TPSA) is 120 Å². The summed E-state index contributed by atoms with van der Waals surface area (Å²) in [4.78, 5) is 48.1. The Morgan fingerprint density at radius 1 is 0.719 bits per heavy atom. The first kappa shape index (κ1) is 39.9. The van der Waals surface area contributed by atoms with E-state index in [0.29, 0.717) is 16.8 Å². The van der Waals surface area contributed by atoms with Gasteiger partial charge >= 0.3 is 18.0 Å². The molecule has 0 saturated carbocycles. The third kappa shape index (κ3) is 10.5. The highest BCUT2D eigenvalue weighted by molar-refractivity contribution is 5.92. The van der Waals surface area contributed by atoms with Crippen molar-refractivity contribution in [3.63, 3.8) is 0 Å². The van der Waals surface area contributed by atoms with E-state index in [1.807, 2.05) is 36.4 Å². The van der Waals surface area contributed by atoms with Gasteiger partial charge in [-0.05, 0) is 47.7 Å². The number of nitrogens with zero attached hydrogens (tertiary/aromatic N) is 2. The van der Waals surface area contributed by atoms with Crippen molar-refractivity contribution in [3.8, 4) is 22.5 Å². The Labute approximate surface area is 330 Å². The van der Waals surface area contributed by atoms with Crippen molar-refractivity contribution in [2.45, 2.75) is 57.8 Å². The Bertz CT molecular complexity index is 2270. The maximum Gasteiger partial charge on any atom is 0.408 e. The fraction of sp³-hybridized carbons (Fsp3) is 0.196. The molecule has 57 heavy (non-hydrogen) atoms. The third-order valence-electron chi connectivity index (χ3n) is 9.37. The van der Waals surface area contributed by atoms with E-state index in [1.54, 1.807) is 79.1 Å². The van der Waals surface area contributed by atoms with Crippen LogP contribution in [0.4, 0.5) is 19.3 Å². The number of aromatic nitrogens is 2. The van der Waals surface area contributed by atoms with Crippen LogP contribution in [0.2, 0.25) is 0 Å². The number of hydrogen-bond acceptors (Lipinski definition) is 7. The van der Waals surface area contributed by atoms with Crippen molar-refractivity contribution in [1.82, 2.24) is 15.3 Å². The molecule has 0 bridgehead atoms. The van der Waals surface area contributed by atoms with E-state index in [1.165, 1.54) is 24.3 Å². The minimum absolute atomic E-state index is 0.00395. The minimum Gasteiger partial charge on any atom is -0.454 e. The Kier molecular flexibility index (Phi) is 13.1. The van der Waals surface area contributed by atoms with Crippen LogP contribution >= 0.6 is 0 Å². The van der Waals surface area contributed by atoms with Crippen LogP contribution < -0.4 is 10.6 Å². The standard InChI is InChI=1S/C46H42F2N4O5/c1-3-35-16-10-11-17-39(35)43-42(49-26-27-50-43)36-20-24-38(25-21-36)51-41(53)29-33-18-22-37(23-19-33)46(47,48)31(2)57-44(54)40(28-32-12-6-4-7-13-32)52-45(55)56-30-34-14-8-5-9-15-34/h4-27,31,40H,3,28-30H2,1-2H3,(H,51,53)(H,52,55)/t31?,40-/m0/s1. The van der Waals surface area contributed by atoms with Gasteiger partial charge in [-0.25, -0.2) is 9.59 Å². The van der Waals surface area contributed by atoms with Crippen LogP contribution in [0.5, 0.6) is 0 Å². The van der Waals surface area contributed by atoms with Crippen LogP contribution in [0.1, 0.15) is 41.7 Å². The van der Waals surface area contributed by atoms with Gasteiger partial charge in [-0.1, -0.05) is 128 Å². The zero-order valence-corrected chi connectivity index (χ0v) is 31.5. The SMILES string of the molecule is CCc1ccccc1-c1nccnc1-c1ccc(NC(=O)Cc2ccc(C(F)(F)C(C)OC(=O)[C@H](Cc3ccccc3)NC(=O)OCc3ccccc3)cc2)cc1. The molecule has 1 heterocycles. The molecule has 2 atom stereocenters. The maximum atomic E-state index is 15.7. The van der Waals surface area contributed by atoms with Crippen LogP contribution in [-0.2, 0) is 50.9 Å². The number of aryl methyl sites for hydroxylation is 1. The highest BCUT2D eigenvalue weighted by Crippen LogP contribution is 2.34. The van der Waals surface area contributed by atoms with Crippen LogP contribution in [0.25, 0.3) is 22.5 Å². The second-order valence-corrected chi connectivity index (χ2v) is 13.4. The summed E-state index contributed by atoms with van der Waals surface area (Å²) in [6.45, 7) is 3.14. The zero-order chi connectivity index (χ0) is 40.2. The first-order chi connectivity index (χ1) is 27.6. The summed E-state index contributed by atoms with van der Waals surface area (Å²) in [7, 11) is 0. The molecule has 2 amide bonds. The number of nitrogens with one attached hydrogen (secondary N) is 2. The first-order valence-electron chi connectivity index (χ1n) is 18.6. The van der Waals surface area contributed by atoms with Gasteiger partial charge in [0.15, 0.2) is 6.10 Å². The van der Waals surface area contributed by atoms with Gasteiger partial charge in [0.1, 0.15) is 12.6 Å². The predicted molar refractivity (Wildman–Crippen MR) is 214 cm³/mol. The van der Waals surface area contributed by atoms with Crippen molar-refractivity contribution < 1.29 is 32.6 Å². The summed E-state index contributed by atoms with van der Waals surface area (Å²) in [5, 5.41) is 5.33. The van der Waals surface area contributed by atoms with E-state index in [4.69, 9.17) is 9.47 Å². The number of amides is 2. The number of halogens is 2. The number of ether oxygens (including phenoxy) is 2. The molecule has 0 radical (unpaired) electrons. The second kappa shape index (κ2) is 18.7. The number of hydrogen-bond donors (Lipinski definition) is 2. The number of benzene rings is 5. The number of rotatable bonds is 15. The highest BCUT2D eigenvalue weighted by atomic mass is 19.3. The van der Waals surface area contributed by atoms with Crippen molar-refractivity contribution >= 4 is 23.7 Å². The van der Waals surface area contributed by atoms with Gasteiger partial charge in [0.2, 0.25) is 5.91 Å². The fourth-order valence-corrected chi connectivity index (χ4v) is 6.27. The summed E-state index contributed by atoms with van der Waals surface area (Å²) in [5.74, 6) is -4.96. The van der Waals surface area contributed by atoms with Crippen molar-refractivity contribution in [2.75, 3.05) is 5.32 Å². The molecular weight excluding hydrogens is 727 g/mol. The molecule has 0 aliphatic rings. The molecule has 0 fully saturated rings. The highest BCUT2D eigenvalue weighted by Gasteiger charge is 2.42. The minimum atomic E-state index is -3.59. The van der Waals surface area contributed by atoms with E-state index >= 15 is 8.78 Å². The van der Waals surface area contributed by atoms with Gasteiger partial charge in [0.05, 0.1) is 17.8 Å². The lowest BCUT2D eigenvalue weighted by molar-refractivity contribution is -0.175. The lowest BCUT2D eigenvalue weighted by Gasteiger charge is -2.26. The number of esters is 1. The summed E-state index contributed by atoms with van der Waals surface area (Å²) < 4.78 is 41.9. The summed E-state index contributed by atoms with van der Waals surface area (Å²) in [6.07, 6.45) is 1.32. The van der Waals surface area contributed by atoms with Gasteiger partial charge < -0.3 is 20.1 Å². The third-order valence-corrected chi connectivity index (χ3v) is 9.37. The molecule has 1 unspecified atom stereocenters. The molecule has 0 saturated heterocycles. The average Bonchev–Trinajstić information content (AvgIpc) is 3.24. The molecule has 9 nitrogen and oxygen atoms in total. The van der Waals surface area contributed by atoms with Gasteiger partial charge in [-0.15, -0.1) is 0 Å². The monoisotopic (exact) mass is 768 g/mol. The fourth-order valence-electron chi connectivity index (χ4n) is 6.27. The summed E-state index contributed by atoms with van der Waals surface area (Å²) >= 11 is 0. The molecule has 0 aliphatic heterocycles.